The van der Waals surface area contributed by atoms with E-state index in [1.165, 1.54) is 11.1 Å². The Balaban J connectivity index is 1.72. The fraction of sp³-hybridized carbons (Fsp3) is 0.312. The topological polar surface area (TPSA) is 41.3 Å². The molecule has 1 aliphatic heterocycles. The maximum Gasteiger partial charge on any atom is 0.232 e. The zero-order chi connectivity index (χ0) is 13.8. The first kappa shape index (κ1) is 12.9. The summed E-state index contributed by atoms with van der Waals surface area (Å²) in [4.78, 5) is 2.31. The first-order valence-corrected chi connectivity index (χ1v) is 6.93. The molecule has 4 nitrogen and oxygen atoms in total. The lowest BCUT2D eigenvalue weighted by Gasteiger charge is -2.22. The summed E-state index contributed by atoms with van der Waals surface area (Å²) in [6.45, 7) is 2.80. The second kappa shape index (κ2) is 5.92. The third-order valence-electron chi connectivity index (χ3n) is 3.55. The Labute approximate surface area is 119 Å². The third kappa shape index (κ3) is 2.91. The van der Waals surface area contributed by atoms with Gasteiger partial charge in [-0.1, -0.05) is 41.6 Å². The monoisotopic (exact) mass is 269 g/mol. The Hall–Kier alpha value is -2.07. The molecule has 2 heterocycles. The second-order valence-electron chi connectivity index (χ2n) is 5.16. The smallest absolute Gasteiger partial charge is 0.232 e. The van der Waals surface area contributed by atoms with Crippen LogP contribution in [-0.2, 0) is 6.54 Å². The van der Waals surface area contributed by atoms with Crippen LogP contribution >= 0.6 is 0 Å². The fourth-order valence-electron chi connectivity index (χ4n) is 2.46. The van der Waals surface area contributed by atoms with Gasteiger partial charge in [-0.3, -0.25) is 0 Å². The third-order valence-corrected chi connectivity index (χ3v) is 3.55. The normalized spacial score (nSPS) is 15.9. The van der Waals surface area contributed by atoms with E-state index in [0.717, 1.165) is 37.5 Å². The van der Waals surface area contributed by atoms with Crippen molar-refractivity contribution in [2.45, 2.75) is 13.0 Å². The number of nitrogens with one attached hydrogen (secondary N) is 1. The quantitative estimate of drug-likeness (QED) is 0.926. The zero-order valence-electron chi connectivity index (χ0n) is 11.7. The SMILES string of the molecule is CN1CCC=C(c2cnoc2NCc2ccccc2)C1. The molecule has 0 atom stereocenters. The number of hydrogen-bond acceptors (Lipinski definition) is 4. The molecule has 4 heteroatoms. The van der Waals surface area contributed by atoms with Crippen LogP contribution in [0.5, 0.6) is 0 Å². The summed E-state index contributed by atoms with van der Waals surface area (Å²) in [5, 5.41) is 7.27. The highest BCUT2D eigenvalue weighted by atomic mass is 16.5. The van der Waals surface area contributed by atoms with Gasteiger partial charge in [0.25, 0.3) is 0 Å². The van der Waals surface area contributed by atoms with Crippen molar-refractivity contribution in [1.82, 2.24) is 10.1 Å². The van der Waals surface area contributed by atoms with Gasteiger partial charge in [-0.15, -0.1) is 0 Å². The van der Waals surface area contributed by atoms with Crippen molar-refractivity contribution in [3.63, 3.8) is 0 Å². The van der Waals surface area contributed by atoms with E-state index in [0.29, 0.717) is 0 Å². The van der Waals surface area contributed by atoms with Crippen LogP contribution in [0.15, 0.2) is 47.1 Å². The van der Waals surface area contributed by atoms with Crippen LogP contribution in [0.3, 0.4) is 0 Å². The minimum atomic E-state index is 0.742. The lowest BCUT2D eigenvalue weighted by atomic mass is 10.0. The Morgan fingerprint density at radius 2 is 2.15 bits per heavy atom. The molecule has 1 aromatic heterocycles. The number of likely N-dealkylation sites (N-methyl/N-ethyl adjacent to an activating group) is 1. The van der Waals surface area contributed by atoms with Crippen LogP contribution < -0.4 is 5.32 Å². The van der Waals surface area contributed by atoms with Crippen molar-refractivity contribution >= 4 is 11.5 Å². The summed E-state index contributed by atoms with van der Waals surface area (Å²) in [6.07, 6.45) is 5.16. The molecule has 0 amide bonds. The van der Waals surface area contributed by atoms with Crippen molar-refractivity contribution in [3.8, 4) is 0 Å². The molecular formula is C16H19N3O. The first-order valence-electron chi connectivity index (χ1n) is 6.93. The van der Waals surface area contributed by atoms with Crippen molar-refractivity contribution in [3.05, 3.63) is 53.7 Å². The van der Waals surface area contributed by atoms with Gasteiger partial charge in [0.05, 0.1) is 11.8 Å². The van der Waals surface area contributed by atoms with Crippen LogP contribution in [0.25, 0.3) is 5.57 Å². The van der Waals surface area contributed by atoms with Gasteiger partial charge in [-0.2, -0.15) is 0 Å². The minimum Gasteiger partial charge on any atom is -0.349 e. The number of rotatable bonds is 4. The van der Waals surface area contributed by atoms with E-state index >= 15 is 0 Å². The van der Waals surface area contributed by atoms with Crippen LogP contribution in [0.2, 0.25) is 0 Å². The molecule has 3 rings (SSSR count). The Bertz CT molecular complexity index is 589. The highest BCUT2D eigenvalue weighted by Crippen LogP contribution is 2.27. The van der Waals surface area contributed by atoms with Crippen molar-refractivity contribution in [2.24, 2.45) is 0 Å². The van der Waals surface area contributed by atoms with Crippen LogP contribution in [0, 0.1) is 0 Å². The Morgan fingerprint density at radius 3 is 2.95 bits per heavy atom. The molecule has 0 unspecified atom stereocenters. The van der Waals surface area contributed by atoms with Gasteiger partial charge in [0, 0.05) is 19.6 Å². The number of anilines is 1. The zero-order valence-corrected chi connectivity index (χ0v) is 11.7. The van der Waals surface area contributed by atoms with E-state index in [1.807, 2.05) is 18.2 Å². The molecule has 104 valence electrons. The van der Waals surface area contributed by atoms with E-state index in [2.05, 4.69) is 40.6 Å². The number of nitrogens with zero attached hydrogens (tertiary/aromatic N) is 2. The van der Waals surface area contributed by atoms with Crippen molar-refractivity contribution < 1.29 is 4.52 Å². The van der Waals surface area contributed by atoms with Gasteiger partial charge in [0.15, 0.2) is 0 Å². The molecule has 0 radical (unpaired) electrons. The van der Waals surface area contributed by atoms with Gasteiger partial charge >= 0.3 is 0 Å². The minimum absolute atomic E-state index is 0.742. The summed E-state index contributed by atoms with van der Waals surface area (Å²) in [6, 6.07) is 10.3. The average Bonchev–Trinajstić information content (AvgIpc) is 2.95. The maximum absolute atomic E-state index is 5.35. The molecule has 0 spiro atoms. The standard InChI is InChI=1S/C16H19N3O/c1-19-9-5-8-14(12-19)15-11-18-20-16(15)17-10-13-6-3-2-4-7-13/h2-4,6-8,11,17H,5,9-10,12H2,1H3. The molecular weight excluding hydrogens is 250 g/mol. The molecule has 0 saturated heterocycles. The lowest BCUT2D eigenvalue weighted by Crippen LogP contribution is -2.25. The average molecular weight is 269 g/mol. The van der Waals surface area contributed by atoms with Crippen LogP contribution in [0.4, 0.5) is 5.88 Å². The maximum atomic E-state index is 5.35. The van der Waals surface area contributed by atoms with Crippen LogP contribution in [0.1, 0.15) is 17.5 Å². The number of benzene rings is 1. The molecule has 0 bridgehead atoms. The molecule has 1 aliphatic rings. The van der Waals surface area contributed by atoms with Gasteiger partial charge in [0.2, 0.25) is 5.88 Å². The highest BCUT2D eigenvalue weighted by molar-refractivity contribution is 5.74. The molecule has 20 heavy (non-hydrogen) atoms. The summed E-state index contributed by atoms with van der Waals surface area (Å²) in [7, 11) is 2.14. The van der Waals surface area contributed by atoms with E-state index in [9.17, 15) is 0 Å². The largest absolute Gasteiger partial charge is 0.349 e. The van der Waals surface area contributed by atoms with Gasteiger partial charge in [-0.25, -0.2) is 0 Å². The van der Waals surface area contributed by atoms with Gasteiger partial charge < -0.3 is 14.7 Å². The number of aromatic nitrogens is 1. The number of hydrogen-bond donors (Lipinski definition) is 1. The molecule has 1 aromatic carbocycles. The predicted octanol–water partition coefficient (Wildman–Crippen LogP) is 3.01. The molecule has 0 saturated carbocycles. The van der Waals surface area contributed by atoms with E-state index in [-0.39, 0.29) is 0 Å². The Morgan fingerprint density at radius 1 is 1.30 bits per heavy atom. The first-order chi connectivity index (χ1) is 9.83. The lowest BCUT2D eigenvalue weighted by molar-refractivity contribution is 0.372. The summed E-state index contributed by atoms with van der Waals surface area (Å²) in [5.41, 5.74) is 3.59. The van der Waals surface area contributed by atoms with Crippen LogP contribution in [-0.4, -0.2) is 30.2 Å². The molecule has 0 fully saturated rings. The highest BCUT2D eigenvalue weighted by Gasteiger charge is 2.16. The molecule has 1 N–H and O–H groups in total. The predicted molar refractivity (Wildman–Crippen MR) is 80.4 cm³/mol. The van der Waals surface area contributed by atoms with E-state index in [4.69, 9.17) is 4.52 Å². The Kier molecular flexibility index (Phi) is 3.83. The van der Waals surface area contributed by atoms with Crippen molar-refractivity contribution in [2.75, 3.05) is 25.5 Å². The fourth-order valence-corrected chi connectivity index (χ4v) is 2.46. The van der Waals surface area contributed by atoms with Crippen molar-refractivity contribution in [1.29, 1.82) is 0 Å². The van der Waals surface area contributed by atoms with Gasteiger partial charge in [-0.05, 0) is 24.6 Å². The molecule has 2 aromatic rings. The van der Waals surface area contributed by atoms with E-state index < -0.39 is 0 Å². The van der Waals surface area contributed by atoms with E-state index in [1.54, 1.807) is 6.20 Å². The second-order valence-corrected chi connectivity index (χ2v) is 5.16. The molecule has 0 aliphatic carbocycles. The van der Waals surface area contributed by atoms with Gasteiger partial charge in [0.1, 0.15) is 0 Å². The summed E-state index contributed by atoms with van der Waals surface area (Å²) >= 11 is 0. The summed E-state index contributed by atoms with van der Waals surface area (Å²) < 4.78 is 5.35. The summed E-state index contributed by atoms with van der Waals surface area (Å²) in [5.74, 6) is 0.760.